The number of carbonyl (C=O) groups excluding carboxylic acids is 1. The smallest absolute Gasteiger partial charge is 0.251 e. The topological polar surface area (TPSA) is 47.6 Å². The fraction of sp³-hybridized carbons (Fsp3) is 0.462. The molecule has 0 fully saturated rings. The van der Waals surface area contributed by atoms with E-state index in [1.807, 2.05) is 19.1 Å². The van der Waals surface area contributed by atoms with Crippen molar-refractivity contribution in [3.63, 3.8) is 0 Å². The molecule has 0 aromatic heterocycles. The Morgan fingerprint density at radius 1 is 1.18 bits per heavy atom. The molecule has 0 spiro atoms. The van der Waals surface area contributed by atoms with Crippen molar-refractivity contribution in [2.45, 2.75) is 13.0 Å². The van der Waals surface area contributed by atoms with E-state index >= 15 is 0 Å². The Balaban J connectivity index is 2.60. The molecule has 0 atom stereocenters. The van der Waals surface area contributed by atoms with Crippen molar-refractivity contribution in [2.24, 2.45) is 0 Å². The molecule has 4 heteroatoms. The highest BCUT2D eigenvalue weighted by Crippen LogP contribution is 2.03. The summed E-state index contributed by atoms with van der Waals surface area (Å²) in [6.45, 7) is 2.86. The summed E-state index contributed by atoms with van der Waals surface area (Å²) >= 11 is 0. The molecule has 0 unspecified atom stereocenters. The molecule has 1 N–H and O–H groups in total. The minimum atomic E-state index is -0.126. The standard InChI is InChI=1S/C13H19NO3/c1-10-4-6-11(7-5-10)13(15)14-12(8-16-2)9-17-3/h4-7,12H,8-9H2,1-3H3,(H,14,15). The molecule has 0 radical (unpaired) electrons. The summed E-state index contributed by atoms with van der Waals surface area (Å²) in [5.74, 6) is -0.107. The largest absolute Gasteiger partial charge is 0.382 e. The van der Waals surface area contributed by atoms with Gasteiger partial charge in [-0.15, -0.1) is 0 Å². The van der Waals surface area contributed by atoms with Gasteiger partial charge in [0.25, 0.3) is 5.91 Å². The van der Waals surface area contributed by atoms with Gasteiger partial charge >= 0.3 is 0 Å². The van der Waals surface area contributed by atoms with Crippen LogP contribution in [0.4, 0.5) is 0 Å². The lowest BCUT2D eigenvalue weighted by Crippen LogP contribution is -2.41. The summed E-state index contributed by atoms with van der Waals surface area (Å²) in [5.41, 5.74) is 1.78. The molecule has 94 valence electrons. The minimum absolute atomic E-state index is 0.107. The van der Waals surface area contributed by atoms with E-state index in [4.69, 9.17) is 9.47 Å². The molecule has 0 bridgehead atoms. The number of benzene rings is 1. The summed E-state index contributed by atoms with van der Waals surface area (Å²) in [5, 5.41) is 2.87. The second kappa shape index (κ2) is 7.04. The number of nitrogens with one attached hydrogen (secondary N) is 1. The number of aryl methyl sites for hydroxylation is 1. The van der Waals surface area contributed by atoms with E-state index < -0.39 is 0 Å². The SMILES string of the molecule is COCC(COC)NC(=O)c1ccc(C)cc1. The fourth-order valence-corrected chi connectivity index (χ4v) is 1.51. The highest BCUT2D eigenvalue weighted by molar-refractivity contribution is 5.94. The lowest BCUT2D eigenvalue weighted by molar-refractivity contribution is 0.0779. The lowest BCUT2D eigenvalue weighted by atomic mass is 10.1. The Bertz CT molecular complexity index is 342. The van der Waals surface area contributed by atoms with E-state index in [0.29, 0.717) is 18.8 Å². The summed E-state index contributed by atoms with van der Waals surface area (Å²) in [6, 6.07) is 7.31. The third kappa shape index (κ3) is 4.54. The molecular formula is C13H19NO3. The quantitative estimate of drug-likeness (QED) is 0.813. The van der Waals surface area contributed by atoms with E-state index in [0.717, 1.165) is 5.56 Å². The Morgan fingerprint density at radius 2 is 1.71 bits per heavy atom. The van der Waals surface area contributed by atoms with Gasteiger partial charge < -0.3 is 14.8 Å². The molecule has 0 saturated heterocycles. The number of methoxy groups -OCH3 is 2. The number of hydrogen-bond acceptors (Lipinski definition) is 3. The first-order valence-corrected chi connectivity index (χ1v) is 5.52. The van der Waals surface area contributed by atoms with Crippen LogP contribution >= 0.6 is 0 Å². The number of rotatable bonds is 6. The zero-order valence-electron chi connectivity index (χ0n) is 10.5. The van der Waals surface area contributed by atoms with Crippen LogP contribution in [0.15, 0.2) is 24.3 Å². The maximum atomic E-state index is 11.9. The van der Waals surface area contributed by atoms with E-state index in [1.54, 1.807) is 26.4 Å². The van der Waals surface area contributed by atoms with Crippen molar-refractivity contribution in [1.82, 2.24) is 5.32 Å². The summed E-state index contributed by atoms with van der Waals surface area (Å²) in [6.07, 6.45) is 0. The van der Waals surface area contributed by atoms with E-state index in [1.165, 1.54) is 0 Å². The zero-order chi connectivity index (χ0) is 12.7. The molecule has 0 saturated carbocycles. The molecule has 1 rings (SSSR count). The Hall–Kier alpha value is -1.39. The van der Waals surface area contributed by atoms with Crippen LogP contribution in [0.5, 0.6) is 0 Å². The fourth-order valence-electron chi connectivity index (χ4n) is 1.51. The Morgan fingerprint density at radius 3 is 2.18 bits per heavy atom. The van der Waals surface area contributed by atoms with Gasteiger partial charge in [0.2, 0.25) is 0 Å². The first-order valence-electron chi connectivity index (χ1n) is 5.52. The van der Waals surface area contributed by atoms with Crippen LogP contribution in [0.1, 0.15) is 15.9 Å². The maximum absolute atomic E-state index is 11.9. The van der Waals surface area contributed by atoms with Crippen molar-refractivity contribution >= 4 is 5.91 Å². The molecule has 1 aromatic carbocycles. The number of hydrogen-bond donors (Lipinski definition) is 1. The van der Waals surface area contributed by atoms with Gasteiger partial charge in [0, 0.05) is 19.8 Å². The minimum Gasteiger partial charge on any atom is -0.382 e. The summed E-state index contributed by atoms with van der Waals surface area (Å²) in [4.78, 5) is 11.9. The van der Waals surface area contributed by atoms with Crippen LogP contribution in [0.3, 0.4) is 0 Å². The average Bonchev–Trinajstić information content (AvgIpc) is 2.30. The second-order valence-electron chi connectivity index (χ2n) is 3.95. The third-order valence-corrected chi connectivity index (χ3v) is 2.38. The predicted molar refractivity (Wildman–Crippen MR) is 66.2 cm³/mol. The van der Waals surface area contributed by atoms with Gasteiger partial charge in [-0.25, -0.2) is 0 Å². The Labute approximate surface area is 102 Å². The second-order valence-corrected chi connectivity index (χ2v) is 3.95. The van der Waals surface area contributed by atoms with Crippen molar-refractivity contribution in [3.05, 3.63) is 35.4 Å². The van der Waals surface area contributed by atoms with Crippen molar-refractivity contribution in [2.75, 3.05) is 27.4 Å². The molecule has 1 amide bonds. The normalized spacial score (nSPS) is 10.6. The summed E-state index contributed by atoms with van der Waals surface area (Å²) < 4.78 is 10.0. The maximum Gasteiger partial charge on any atom is 0.251 e. The van der Waals surface area contributed by atoms with Gasteiger partial charge in [-0.3, -0.25) is 4.79 Å². The van der Waals surface area contributed by atoms with Gasteiger partial charge in [-0.1, -0.05) is 17.7 Å². The first-order chi connectivity index (χ1) is 8.17. The van der Waals surface area contributed by atoms with Gasteiger partial charge in [-0.2, -0.15) is 0 Å². The van der Waals surface area contributed by atoms with Crippen LogP contribution < -0.4 is 5.32 Å². The molecule has 17 heavy (non-hydrogen) atoms. The first kappa shape index (κ1) is 13.7. The van der Waals surface area contributed by atoms with Gasteiger partial charge in [0.1, 0.15) is 0 Å². The molecule has 1 aromatic rings. The molecular weight excluding hydrogens is 218 g/mol. The van der Waals surface area contributed by atoms with Crippen LogP contribution in [0, 0.1) is 6.92 Å². The van der Waals surface area contributed by atoms with Gasteiger partial charge in [0.15, 0.2) is 0 Å². The number of amides is 1. The Kier molecular flexibility index (Phi) is 5.66. The van der Waals surface area contributed by atoms with E-state index in [-0.39, 0.29) is 11.9 Å². The van der Waals surface area contributed by atoms with E-state index in [9.17, 15) is 4.79 Å². The summed E-state index contributed by atoms with van der Waals surface area (Å²) in [7, 11) is 3.20. The highest BCUT2D eigenvalue weighted by Gasteiger charge is 2.13. The lowest BCUT2D eigenvalue weighted by Gasteiger charge is -2.16. The van der Waals surface area contributed by atoms with Crippen LogP contribution in [0.25, 0.3) is 0 Å². The van der Waals surface area contributed by atoms with Crippen LogP contribution in [0.2, 0.25) is 0 Å². The predicted octanol–water partition coefficient (Wildman–Crippen LogP) is 1.39. The molecule has 0 heterocycles. The van der Waals surface area contributed by atoms with Crippen LogP contribution in [-0.4, -0.2) is 39.4 Å². The monoisotopic (exact) mass is 237 g/mol. The molecule has 4 nitrogen and oxygen atoms in total. The zero-order valence-corrected chi connectivity index (χ0v) is 10.5. The van der Waals surface area contributed by atoms with Crippen molar-refractivity contribution in [3.8, 4) is 0 Å². The van der Waals surface area contributed by atoms with Gasteiger partial charge in [-0.05, 0) is 19.1 Å². The van der Waals surface area contributed by atoms with Crippen molar-refractivity contribution in [1.29, 1.82) is 0 Å². The van der Waals surface area contributed by atoms with Crippen LogP contribution in [-0.2, 0) is 9.47 Å². The number of ether oxygens (including phenoxy) is 2. The van der Waals surface area contributed by atoms with Crippen molar-refractivity contribution < 1.29 is 14.3 Å². The molecule has 0 aliphatic rings. The number of carbonyl (C=O) groups is 1. The highest BCUT2D eigenvalue weighted by atomic mass is 16.5. The average molecular weight is 237 g/mol. The molecule has 0 aliphatic carbocycles. The third-order valence-electron chi connectivity index (χ3n) is 2.38. The van der Waals surface area contributed by atoms with Gasteiger partial charge in [0.05, 0.1) is 19.3 Å². The molecule has 0 aliphatic heterocycles. The van der Waals surface area contributed by atoms with E-state index in [2.05, 4.69) is 5.32 Å².